The van der Waals surface area contributed by atoms with Gasteiger partial charge in [0.25, 0.3) is 0 Å². The summed E-state index contributed by atoms with van der Waals surface area (Å²) >= 11 is 1.19. The van der Waals surface area contributed by atoms with Crippen LogP contribution in [0.1, 0.15) is 40.2 Å². The minimum Gasteiger partial charge on any atom is -0.494 e. The van der Waals surface area contributed by atoms with Crippen LogP contribution < -0.4 is 15.8 Å². The van der Waals surface area contributed by atoms with E-state index in [0.717, 1.165) is 17.0 Å². The maximum absolute atomic E-state index is 12.2. The molecule has 1 aromatic heterocycles. The van der Waals surface area contributed by atoms with E-state index in [-0.39, 0.29) is 5.41 Å². The summed E-state index contributed by atoms with van der Waals surface area (Å²) in [6.07, 6.45) is 0. The van der Waals surface area contributed by atoms with Gasteiger partial charge in [0.05, 0.1) is 11.9 Å². The maximum atomic E-state index is 12.2. The van der Waals surface area contributed by atoms with Gasteiger partial charge in [0, 0.05) is 11.3 Å². The second-order valence-corrected chi connectivity index (χ2v) is 9.82. The number of primary amides is 1. The summed E-state index contributed by atoms with van der Waals surface area (Å²) in [5.74, 6) is 0.906. The normalized spacial score (nSPS) is 12.3. The minimum atomic E-state index is -0.889. The van der Waals surface area contributed by atoms with Crippen LogP contribution in [-0.4, -0.2) is 38.6 Å². The number of hydrogen-bond acceptors (Lipinski definition) is 6. The number of ether oxygens (including phenoxy) is 1. The van der Waals surface area contributed by atoms with Crippen molar-refractivity contribution in [3.05, 3.63) is 54.1 Å². The topological polar surface area (TPSA) is 112 Å². The average Bonchev–Trinajstić information content (AvgIpc) is 3.17. The number of rotatable bonds is 7. The Balaban J connectivity index is 2.03. The van der Waals surface area contributed by atoms with Gasteiger partial charge in [0.15, 0.2) is 11.0 Å². The Bertz CT molecular complexity index is 1120. The van der Waals surface area contributed by atoms with Gasteiger partial charge in [-0.1, -0.05) is 56.8 Å². The predicted octanol–water partition coefficient (Wildman–Crippen LogP) is 4.31. The van der Waals surface area contributed by atoms with Crippen molar-refractivity contribution in [2.45, 2.75) is 50.4 Å². The van der Waals surface area contributed by atoms with Crippen LogP contribution in [0.2, 0.25) is 0 Å². The van der Waals surface area contributed by atoms with Crippen LogP contribution >= 0.6 is 11.8 Å². The van der Waals surface area contributed by atoms with Crippen molar-refractivity contribution >= 4 is 23.7 Å². The molecule has 0 radical (unpaired) electrons. The van der Waals surface area contributed by atoms with Crippen LogP contribution in [0.3, 0.4) is 0 Å². The summed E-state index contributed by atoms with van der Waals surface area (Å²) in [6, 6.07) is 14.9. The summed E-state index contributed by atoms with van der Waals surface area (Å²) in [7, 11) is 0. The molecule has 2 aromatic carbocycles. The van der Waals surface area contributed by atoms with E-state index >= 15 is 0 Å². The molecule has 3 rings (SSSR count). The summed E-state index contributed by atoms with van der Waals surface area (Å²) in [5.41, 5.74) is 8.04. The second-order valence-electron chi connectivity index (χ2n) is 8.51. The van der Waals surface area contributed by atoms with Crippen LogP contribution in [0.4, 0.5) is 4.79 Å². The lowest BCUT2D eigenvalue weighted by molar-refractivity contribution is -0.119. The van der Waals surface area contributed by atoms with E-state index < -0.39 is 17.2 Å². The van der Waals surface area contributed by atoms with Crippen molar-refractivity contribution in [2.75, 3.05) is 6.61 Å². The van der Waals surface area contributed by atoms with Gasteiger partial charge in [-0.3, -0.25) is 14.7 Å². The zero-order valence-electron chi connectivity index (χ0n) is 19.5. The number of aromatic nitrogens is 3. The third-order valence-corrected chi connectivity index (χ3v) is 5.99. The lowest BCUT2D eigenvalue weighted by atomic mass is 9.87. The van der Waals surface area contributed by atoms with E-state index in [2.05, 4.69) is 48.4 Å². The second kappa shape index (κ2) is 10.1. The molecule has 0 fully saturated rings. The minimum absolute atomic E-state index is 0.0333. The lowest BCUT2D eigenvalue weighted by Gasteiger charge is -2.19. The number of nitrogens with two attached hydrogens (primary N) is 1. The first-order valence-electron chi connectivity index (χ1n) is 10.7. The highest BCUT2D eigenvalue weighted by atomic mass is 32.2. The van der Waals surface area contributed by atoms with Gasteiger partial charge in [-0.15, -0.1) is 10.2 Å². The quantitative estimate of drug-likeness (QED) is 0.501. The van der Waals surface area contributed by atoms with Crippen LogP contribution in [0.25, 0.3) is 17.1 Å². The number of benzene rings is 2. The van der Waals surface area contributed by atoms with Crippen molar-refractivity contribution in [3.63, 3.8) is 0 Å². The molecule has 3 amide bonds. The van der Waals surface area contributed by atoms with Gasteiger partial charge in [0.2, 0.25) is 5.91 Å². The Kier molecular flexibility index (Phi) is 7.43. The number of thioether (sulfide) groups is 1. The Morgan fingerprint density at radius 1 is 1.09 bits per heavy atom. The van der Waals surface area contributed by atoms with Crippen LogP contribution in [0.5, 0.6) is 5.75 Å². The molecule has 8 nitrogen and oxygen atoms in total. The van der Waals surface area contributed by atoms with Crippen LogP contribution in [0, 0.1) is 0 Å². The number of carbonyl (C=O) groups is 2. The molecule has 0 spiro atoms. The molecule has 3 aromatic rings. The molecule has 0 aliphatic carbocycles. The van der Waals surface area contributed by atoms with Crippen LogP contribution in [-0.2, 0) is 10.2 Å². The van der Waals surface area contributed by atoms with Crippen molar-refractivity contribution in [1.82, 2.24) is 20.1 Å². The van der Waals surface area contributed by atoms with E-state index in [1.54, 1.807) is 6.92 Å². The molecular weight excluding hydrogens is 438 g/mol. The molecule has 0 aliphatic rings. The fraction of sp³-hybridized carbons (Fsp3) is 0.333. The standard InChI is InChI=1S/C24H29N5O3S/c1-6-32-19-13-11-18(12-14-19)29-20(16-7-9-17(10-8-16)24(3,4)5)27-28-23(29)33-15(2)21(30)26-22(25)31/h7-15H,6H2,1-5H3,(H3,25,26,30,31). The molecule has 0 saturated heterocycles. The highest BCUT2D eigenvalue weighted by Crippen LogP contribution is 2.32. The van der Waals surface area contributed by atoms with E-state index in [1.807, 2.05) is 47.9 Å². The van der Waals surface area contributed by atoms with E-state index in [9.17, 15) is 9.59 Å². The smallest absolute Gasteiger partial charge is 0.318 e. The first-order chi connectivity index (χ1) is 15.6. The fourth-order valence-electron chi connectivity index (χ4n) is 3.18. The van der Waals surface area contributed by atoms with Crippen molar-refractivity contribution < 1.29 is 14.3 Å². The molecular formula is C24H29N5O3S. The summed E-state index contributed by atoms with van der Waals surface area (Å²) in [5, 5.41) is 10.8. The number of carbonyl (C=O) groups excluding carboxylic acids is 2. The number of hydrogen-bond donors (Lipinski definition) is 2. The third kappa shape index (κ3) is 5.92. The van der Waals surface area contributed by atoms with Crippen molar-refractivity contribution in [2.24, 2.45) is 5.73 Å². The van der Waals surface area contributed by atoms with Crippen molar-refractivity contribution in [3.8, 4) is 22.8 Å². The zero-order valence-corrected chi connectivity index (χ0v) is 20.3. The summed E-state index contributed by atoms with van der Waals surface area (Å²) < 4.78 is 7.45. The molecule has 9 heteroatoms. The number of urea groups is 1. The zero-order chi connectivity index (χ0) is 24.2. The molecule has 1 atom stereocenters. The Labute approximate surface area is 197 Å². The van der Waals surface area contributed by atoms with E-state index in [1.165, 1.54) is 17.3 Å². The molecule has 1 heterocycles. The molecule has 3 N–H and O–H groups in total. The van der Waals surface area contributed by atoms with Gasteiger partial charge < -0.3 is 10.5 Å². The van der Waals surface area contributed by atoms with Gasteiger partial charge in [-0.05, 0) is 49.1 Å². The largest absolute Gasteiger partial charge is 0.494 e. The molecule has 33 heavy (non-hydrogen) atoms. The van der Waals surface area contributed by atoms with Crippen molar-refractivity contribution in [1.29, 1.82) is 0 Å². The van der Waals surface area contributed by atoms with Gasteiger partial charge >= 0.3 is 6.03 Å². The van der Waals surface area contributed by atoms with Crippen LogP contribution in [0.15, 0.2) is 53.7 Å². The molecule has 1 unspecified atom stereocenters. The highest BCUT2D eigenvalue weighted by Gasteiger charge is 2.23. The Hall–Kier alpha value is -3.33. The highest BCUT2D eigenvalue weighted by molar-refractivity contribution is 8.00. The number of nitrogens with zero attached hydrogens (tertiary/aromatic N) is 3. The van der Waals surface area contributed by atoms with E-state index in [0.29, 0.717) is 17.6 Å². The summed E-state index contributed by atoms with van der Waals surface area (Å²) in [4.78, 5) is 23.3. The van der Waals surface area contributed by atoms with Gasteiger partial charge in [0.1, 0.15) is 5.75 Å². The first-order valence-corrected chi connectivity index (χ1v) is 11.5. The maximum Gasteiger partial charge on any atom is 0.318 e. The predicted molar refractivity (Wildman–Crippen MR) is 130 cm³/mol. The Morgan fingerprint density at radius 3 is 2.27 bits per heavy atom. The molecule has 0 saturated carbocycles. The monoisotopic (exact) mass is 467 g/mol. The van der Waals surface area contributed by atoms with Gasteiger partial charge in [-0.2, -0.15) is 0 Å². The fourth-order valence-corrected chi connectivity index (χ4v) is 4.05. The first kappa shape index (κ1) is 24.3. The number of amides is 3. The SMILES string of the molecule is CCOc1ccc(-n2c(SC(C)C(=O)NC(N)=O)nnc2-c2ccc(C(C)(C)C)cc2)cc1. The third-order valence-electron chi connectivity index (χ3n) is 4.95. The van der Waals surface area contributed by atoms with E-state index in [4.69, 9.17) is 10.5 Å². The lowest BCUT2D eigenvalue weighted by Crippen LogP contribution is -2.39. The number of imide groups is 1. The summed E-state index contributed by atoms with van der Waals surface area (Å²) in [6.45, 7) is 10.7. The number of nitrogens with one attached hydrogen (secondary N) is 1. The average molecular weight is 468 g/mol. The Morgan fingerprint density at radius 2 is 1.73 bits per heavy atom. The molecule has 174 valence electrons. The molecule has 0 bridgehead atoms. The van der Waals surface area contributed by atoms with Gasteiger partial charge in [-0.25, -0.2) is 4.79 Å². The molecule has 0 aliphatic heterocycles.